The Morgan fingerprint density at radius 3 is 2.25 bits per heavy atom. The van der Waals surface area contributed by atoms with Gasteiger partial charge in [0.1, 0.15) is 5.82 Å². The average molecular weight is 316 g/mol. The number of aromatic nitrogens is 2. The number of halogens is 1. The fourth-order valence-electron chi connectivity index (χ4n) is 2.78. The van der Waals surface area contributed by atoms with Gasteiger partial charge in [-0.3, -0.25) is 4.79 Å². The molecule has 0 saturated carbocycles. The van der Waals surface area contributed by atoms with E-state index < -0.39 is 5.82 Å². The highest BCUT2D eigenvalue weighted by molar-refractivity contribution is 5.93. The average Bonchev–Trinajstić information content (AvgIpc) is 2.63. The second-order valence-electron chi connectivity index (χ2n) is 5.46. The minimum absolute atomic E-state index is 0.268. The smallest absolute Gasteiger partial charge is 0.267 e. The van der Waals surface area contributed by atoms with Gasteiger partial charge in [-0.1, -0.05) is 54.6 Å². The number of fused-ring (bicyclic) bond motifs is 1. The Kier molecular flexibility index (Phi) is 3.43. The van der Waals surface area contributed by atoms with Crippen molar-refractivity contribution in [2.45, 2.75) is 0 Å². The van der Waals surface area contributed by atoms with Crippen molar-refractivity contribution in [1.82, 2.24) is 9.78 Å². The summed E-state index contributed by atoms with van der Waals surface area (Å²) in [7, 11) is 0. The van der Waals surface area contributed by atoms with Gasteiger partial charge < -0.3 is 0 Å². The SMILES string of the molecule is O=c1c2ccccc2c(-c2ccccc2)nn1-c1cccc(F)c1. The van der Waals surface area contributed by atoms with Crippen molar-refractivity contribution in [3.63, 3.8) is 0 Å². The second-order valence-corrected chi connectivity index (χ2v) is 5.46. The molecule has 116 valence electrons. The molecule has 0 N–H and O–H groups in total. The number of nitrogens with zero attached hydrogens (tertiary/aromatic N) is 2. The predicted octanol–water partition coefficient (Wildman–Crippen LogP) is 4.19. The zero-order valence-corrected chi connectivity index (χ0v) is 12.7. The lowest BCUT2D eigenvalue weighted by Gasteiger charge is -2.11. The maximum Gasteiger partial charge on any atom is 0.279 e. The molecule has 0 atom stereocenters. The third kappa shape index (κ3) is 2.38. The molecule has 0 radical (unpaired) electrons. The van der Waals surface area contributed by atoms with Crippen molar-refractivity contribution >= 4 is 10.8 Å². The molecule has 4 rings (SSSR count). The van der Waals surface area contributed by atoms with Crippen molar-refractivity contribution in [2.75, 3.05) is 0 Å². The summed E-state index contributed by atoms with van der Waals surface area (Å²) in [6.45, 7) is 0. The van der Waals surface area contributed by atoms with E-state index in [4.69, 9.17) is 0 Å². The Bertz CT molecular complexity index is 1090. The van der Waals surface area contributed by atoms with Crippen LogP contribution < -0.4 is 5.56 Å². The topological polar surface area (TPSA) is 34.9 Å². The molecule has 1 heterocycles. The summed E-state index contributed by atoms with van der Waals surface area (Å²) < 4.78 is 14.8. The molecule has 4 aromatic rings. The van der Waals surface area contributed by atoms with Crippen LogP contribution in [0.3, 0.4) is 0 Å². The number of hydrogen-bond donors (Lipinski definition) is 0. The molecule has 0 unspecified atom stereocenters. The van der Waals surface area contributed by atoms with Crippen molar-refractivity contribution < 1.29 is 4.39 Å². The van der Waals surface area contributed by atoms with Gasteiger partial charge in [0, 0.05) is 10.9 Å². The van der Waals surface area contributed by atoms with Crippen LogP contribution in [0.25, 0.3) is 27.7 Å². The summed E-state index contributed by atoms with van der Waals surface area (Å²) in [5, 5.41) is 5.85. The van der Waals surface area contributed by atoms with Crippen LogP contribution in [-0.4, -0.2) is 9.78 Å². The summed E-state index contributed by atoms with van der Waals surface area (Å²) in [6.07, 6.45) is 0. The maximum absolute atomic E-state index is 13.6. The highest BCUT2D eigenvalue weighted by atomic mass is 19.1. The van der Waals surface area contributed by atoms with Gasteiger partial charge in [0.15, 0.2) is 0 Å². The molecule has 0 aliphatic heterocycles. The van der Waals surface area contributed by atoms with Crippen molar-refractivity contribution in [2.24, 2.45) is 0 Å². The van der Waals surface area contributed by atoms with E-state index in [9.17, 15) is 9.18 Å². The van der Waals surface area contributed by atoms with Crippen LogP contribution >= 0.6 is 0 Å². The lowest BCUT2D eigenvalue weighted by molar-refractivity contribution is 0.624. The minimum atomic E-state index is -0.407. The van der Waals surface area contributed by atoms with Crippen molar-refractivity contribution in [3.05, 3.63) is 95.0 Å². The van der Waals surface area contributed by atoms with Gasteiger partial charge in [0.25, 0.3) is 5.56 Å². The van der Waals surface area contributed by atoms with Crippen LogP contribution in [-0.2, 0) is 0 Å². The molecule has 0 bridgehead atoms. The first-order chi connectivity index (χ1) is 11.7. The monoisotopic (exact) mass is 316 g/mol. The van der Waals surface area contributed by atoms with E-state index in [0.29, 0.717) is 16.8 Å². The second kappa shape index (κ2) is 5.74. The molecular formula is C20H13FN2O. The summed E-state index contributed by atoms with van der Waals surface area (Å²) >= 11 is 0. The molecule has 0 spiro atoms. The first-order valence-corrected chi connectivity index (χ1v) is 7.57. The minimum Gasteiger partial charge on any atom is -0.267 e. The molecule has 4 heteroatoms. The first-order valence-electron chi connectivity index (χ1n) is 7.57. The van der Waals surface area contributed by atoms with Crippen LogP contribution in [0.1, 0.15) is 0 Å². The molecule has 0 amide bonds. The van der Waals surface area contributed by atoms with Gasteiger partial charge in [-0.15, -0.1) is 0 Å². The molecule has 1 aromatic heterocycles. The zero-order chi connectivity index (χ0) is 16.5. The number of benzene rings is 3. The standard InChI is InChI=1S/C20H13FN2O/c21-15-9-6-10-16(13-15)23-20(24)18-12-5-4-11-17(18)19(22-23)14-7-2-1-3-8-14/h1-13H. The van der Waals surface area contributed by atoms with E-state index in [1.807, 2.05) is 48.5 Å². The molecule has 0 fully saturated rings. The Morgan fingerprint density at radius 1 is 0.792 bits per heavy atom. The van der Waals surface area contributed by atoms with Crippen LogP contribution in [0.2, 0.25) is 0 Å². The maximum atomic E-state index is 13.6. The van der Waals surface area contributed by atoms with Crippen LogP contribution in [0.15, 0.2) is 83.7 Å². The fraction of sp³-hybridized carbons (Fsp3) is 0. The van der Waals surface area contributed by atoms with E-state index in [-0.39, 0.29) is 5.56 Å². The zero-order valence-electron chi connectivity index (χ0n) is 12.7. The molecule has 0 aliphatic rings. The van der Waals surface area contributed by atoms with E-state index >= 15 is 0 Å². The van der Waals surface area contributed by atoms with Gasteiger partial charge in [-0.25, -0.2) is 4.39 Å². The quantitative estimate of drug-likeness (QED) is 0.556. The highest BCUT2D eigenvalue weighted by Crippen LogP contribution is 2.25. The highest BCUT2D eigenvalue weighted by Gasteiger charge is 2.13. The molecule has 3 nitrogen and oxygen atoms in total. The summed E-state index contributed by atoms with van der Waals surface area (Å²) in [6, 6.07) is 22.9. The number of rotatable bonds is 2. The van der Waals surface area contributed by atoms with Gasteiger partial charge in [-0.2, -0.15) is 9.78 Å². The Balaban J connectivity index is 2.09. The number of hydrogen-bond acceptors (Lipinski definition) is 2. The largest absolute Gasteiger partial charge is 0.279 e. The van der Waals surface area contributed by atoms with Crippen molar-refractivity contribution in [1.29, 1.82) is 0 Å². The Labute approximate surface area is 137 Å². The molecule has 0 saturated heterocycles. The summed E-state index contributed by atoms with van der Waals surface area (Å²) in [4.78, 5) is 12.8. The molecular weight excluding hydrogens is 303 g/mol. The summed E-state index contributed by atoms with van der Waals surface area (Å²) in [5.74, 6) is -0.407. The Hall–Kier alpha value is -3.27. The van der Waals surface area contributed by atoms with E-state index in [2.05, 4.69) is 5.10 Å². The van der Waals surface area contributed by atoms with Gasteiger partial charge in [0.05, 0.1) is 16.8 Å². The van der Waals surface area contributed by atoms with Crippen molar-refractivity contribution in [3.8, 4) is 16.9 Å². The third-order valence-electron chi connectivity index (χ3n) is 3.90. The van der Waals surface area contributed by atoms with E-state index in [1.54, 1.807) is 18.2 Å². The normalized spacial score (nSPS) is 10.9. The molecule has 24 heavy (non-hydrogen) atoms. The van der Waals surface area contributed by atoms with Gasteiger partial charge in [-0.05, 0) is 24.3 Å². The van der Waals surface area contributed by atoms with E-state index in [0.717, 1.165) is 10.9 Å². The van der Waals surface area contributed by atoms with Gasteiger partial charge in [0.2, 0.25) is 0 Å². The lowest BCUT2D eigenvalue weighted by atomic mass is 10.1. The predicted molar refractivity (Wildman–Crippen MR) is 92.7 cm³/mol. The molecule has 0 aliphatic carbocycles. The summed E-state index contributed by atoms with van der Waals surface area (Å²) in [5.41, 5.74) is 1.73. The Morgan fingerprint density at radius 2 is 1.50 bits per heavy atom. The van der Waals surface area contributed by atoms with Crippen LogP contribution in [0, 0.1) is 5.82 Å². The van der Waals surface area contributed by atoms with Gasteiger partial charge >= 0.3 is 0 Å². The lowest BCUT2D eigenvalue weighted by Crippen LogP contribution is -2.22. The first kappa shape index (κ1) is 14.3. The van der Waals surface area contributed by atoms with Crippen LogP contribution in [0.5, 0.6) is 0 Å². The van der Waals surface area contributed by atoms with Crippen LogP contribution in [0.4, 0.5) is 4.39 Å². The van der Waals surface area contributed by atoms with E-state index in [1.165, 1.54) is 16.8 Å². The third-order valence-corrected chi connectivity index (χ3v) is 3.90. The molecule has 3 aromatic carbocycles. The fourth-order valence-corrected chi connectivity index (χ4v) is 2.78.